The summed E-state index contributed by atoms with van der Waals surface area (Å²) in [5, 5.41) is 11.4. The lowest BCUT2D eigenvalue weighted by atomic mass is 9.74. The number of cyclic esters (lactones) is 1. The minimum Gasteiger partial charge on any atom is -0.463 e. The predicted molar refractivity (Wildman–Crippen MR) is 200 cm³/mol. The number of ketones is 1. The van der Waals surface area contributed by atoms with Crippen LogP contribution in [0.3, 0.4) is 0 Å². The normalized spacial score (nSPS) is 34.8. The molecular formula is C41H69N3O7. The molecule has 0 amide bonds. The minimum absolute atomic E-state index is 0.0102. The highest BCUT2D eigenvalue weighted by atomic mass is 16.7. The van der Waals surface area contributed by atoms with Crippen LogP contribution < -0.4 is 0 Å². The highest BCUT2D eigenvalue weighted by Crippen LogP contribution is 2.38. The first-order valence-electron chi connectivity index (χ1n) is 19.4. The zero-order chi connectivity index (χ0) is 37.7. The van der Waals surface area contributed by atoms with E-state index in [9.17, 15) is 14.7 Å². The SMILES string of the molecule is CO[C@]1(C)C[C@@H](C)CN(CC(C)C)[C@@H](CCCN2CCc3ccccc3C2)COC(=O)C(C)(C)C(=O)[C@H](C)[C@H]1O[C@@H]1O[C@H](C)C[C@H](N(C)C)[C@H]1O. The molecule has 0 bridgehead atoms. The smallest absolute Gasteiger partial charge is 0.319 e. The molecule has 1 N–H and O–H groups in total. The molecule has 4 rings (SSSR count). The number of benzene rings is 1. The summed E-state index contributed by atoms with van der Waals surface area (Å²) >= 11 is 0. The number of hydrogen-bond donors (Lipinski definition) is 1. The molecular weight excluding hydrogens is 646 g/mol. The maximum absolute atomic E-state index is 14.4. The maximum Gasteiger partial charge on any atom is 0.319 e. The first-order valence-corrected chi connectivity index (χ1v) is 19.4. The van der Waals surface area contributed by atoms with E-state index < -0.39 is 41.4 Å². The molecule has 51 heavy (non-hydrogen) atoms. The summed E-state index contributed by atoms with van der Waals surface area (Å²) in [6.45, 7) is 20.6. The van der Waals surface area contributed by atoms with Crippen LogP contribution in [0.2, 0.25) is 0 Å². The van der Waals surface area contributed by atoms with E-state index in [2.05, 4.69) is 54.8 Å². The standard InChI is InChI=1S/C41H69N3O7/c1-27(2)23-44-24-28(3)22-41(8,48-11)37(51-38-35(45)34(42(9)10)21-29(4)50-38)30(5)36(46)40(6,7)39(47)49-26-33(44)17-14-19-43-20-18-31-15-12-13-16-32(31)25-43/h12-13,15-16,27-30,33-35,37-38,45H,14,17-26H2,1-11H3/t28-,29-,30+,33+,34+,35-,37-,38+,41-/m1/s1. The summed E-state index contributed by atoms with van der Waals surface area (Å²) in [5.41, 5.74) is 0.514. The number of methoxy groups -OCH3 is 1. The van der Waals surface area contributed by atoms with Crippen LogP contribution >= 0.6 is 0 Å². The van der Waals surface area contributed by atoms with Crippen molar-refractivity contribution in [1.82, 2.24) is 14.7 Å². The lowest BCUT2D eigenvalue weighted by Gasteiger charge is -2.47. The molecule has 290 valence electrons. The molecule has 0 unspecified atom stereocenters. The molecule has 1 aromatic carbocycles. The molecule has 10 nitrogen and oxygen atoms in total. The van der Waals surface area contributed by atoms with Gasteiger partial charge in [0.1, 0.15) is 18.1 Å². The highest BCUT2D eigenvalue weighted by Gasteiger charge is 2.51. The van der Waals surface area contributed by atoms with Crippen molar-refractivity contribution in [3.8, 4) is 0 Å². The van der Waals surface area contributed by atoms with E-state index in [1.54, 1.807) is 27.9 Å². The van der Waals surface area contributed by atoms with Gasteiger partial charge >= 0.3 is 5.97 Å². The van der Waals surface area contributed by atoms with E-state index in [-0.39, 0.29) is 36.5 Å². The number of aliphatic hydroxyl groups is 1. The molecule has 3 heterocycles. The van der Waals surface area contributed by atoms with Crippen LogP contribution in [0.1, 0.15) is 92.2 Å². The van der Waals surface area contributed by atoms with Crippen LogP contribution in [0.4, 0.5) is 0 Å². The quantitative estimate of drug-likeness (QED) is 0.258. The Morgan fingerprint density at radius 3 is 2.41 bits per heavy atom. The second-order valence-electron chi connectivity index (χ2n) is 17.3. The van der Waals surface area contributed by atoms with Crippen LogP contribution in [0, 0.1) is 23.2 Å². The Kier molecular flexibility index (Phi) is 14.7. The van der Waals surface area contributed by atoms with Crippen LogP contribution in [-0.4, -0.2) is 128 Å². The number of esters is 1. The third-order valence-electron chi connectivity index (χ3n) is 11.7. The van der Waals surface area contributed by atoms with Crippen LogP contribution in [0.15, 0.2) is 24.3 Å². The topological polar surface area (TPSA) is 101 Å². The molecule has 0 aliphatic carbocycles. The summed E-state index contributed by atoms with van der Waals surface area (Å²) < 4.78 is 25.4. The van der Waals surface area contributed by atoms with Crippen LogP contribution in [0.5, 0.6) is 0 Å². The Labute approximate surface area is 308 Å². The van der Waals surface area contributed by atoms with Gasteiger partial charge in [0.25, 0.3) is 0 Å². The summed E-state index contributed by atoms with van der Waals surface area (Å²) in [7, 11) is 5.53. The number of carbonyl (C=O) groups is 2. The second-order valence-corrected chi connectivity index (χ2v) is 17.3. The monoisotopic (exact) mass is 716 g/mol. The summed E-state index contributed by atoms with van der Waals surface area (Å²) in [6.07, 6.45) is 1.34. The van der Waals surface area contributed by atoms with Gasteiger partial charge < -0.3 is 29.0 Å². The van der Waals surface area contributed by atoms with Crippen molar-refractivity contribution in [1.29, 1.82) is 0 Å². The number of carbonyl (C=O) groups excluding carboxylic acids is 2. The number of likely N-dealkylation sites (N-methyl/N-ethyl adjacent to an activating group) is 1. The van der Waals surface area contributed by atoms with Gasteiger partial charge in [0.15, 0.2) is 12.1 Å². The van der Waals surface area contributed by atoms with E-state index in [0.29, 0.717) is 18.8 Å². The Morgan fingerprint density at radius 2 is 1.76 bits per heavy atom. The highest BCUT2D eigenvalue weighted by molar-refractivity contribution is 6.04. The molecule has 9 atom stereocenters. The summed E-state index contributed by atoms with van der Waals surface area (Å²) in [6, 6.07) is 8.56. The minimum atomic E-state index is -1.42. The van der Waals surface area contributed by atoms with E-state index in [1.165, 1.54) is 11.1 Å². The molecule has 1 aromatic rings. The third-order valence-corrected chi connectivity index (χ3v) is 11.7. The van der Waals surface area contributed by atoms with Crippen molar-refractivity contribution < 1.29 is 33.6 Å². The van der Waals surface area contributed by atoms with Gasteiger partial charge in [0.05, 0.1) is 17.8 Å². The van der Waals surface area contributed by atoms with Gasteiger partial charge in [-0.15, -0.1) is 0 Å². The largest absolute Gasteiger partial charge is 0.463 e. The first kappa shape index (κ1) is 41.8. The van der Waals surface area contributed by atoms with Gasteiger partial charge in [-0.25, -0.2) is 0 Å². The lowest BCUT2D eigenvalue weighted by Crippen LogP contribution is -2.59. The molecule has 2 fully saturated rings. The van der Waals surface area contributed by atoms with Gasteiger partial charge in [0.2, 0.25) is 0 Å². The molecule has 0 aromatic heterocycles. The Bertz CT molecular complexity index is 1290. The maximum atomic E-state index is 14.4. The third kappa shape index (κ3) is 10.4. The first-order chi connectivity index (χ1) is 24.0. The molecule has 0 spiro atoms. The summed E-state index contributed by atoms with van der Waals surface area (Å²) in [5.74, 6) is -1.01. The Hall–Kier alpha value is -1.92. The number of nitrogens with zero attached hydrogens (tertiary/aromatic N) is 3. The number of ether oxygens (including phenoxy) is 4. The van der Waals surface area contributed by atoms with Gasteiger partial charge in [-0.05, 0) is 103 Å². The van der Waals surface area contributed by atoms with Crippen molar-refractivity contribution in [3.63, 3.8) is 0 Å². The van der Waals surface area contributed by atoms with Gasteiger partial charge in [-0.2, -0.15) is 0 Å². The Balaban J connectivity index is 1.61. The fraction of sp³-hybridized carbons (Fsp3) is 0.805. The van der Waals surface area contributed by atoms with E-state index in [0.717, 1.165) is 52.0 Å². The summed E-state index contributed by atoms with van der Waals surface area (Å²) in [4.78, 5) is 35.3. The molecule has 0 radical (unpaired) electrons. The van der Waals surface area contributed by atoms with Crippen molar-refractivity contribution in [3.05, 3.63) is 35.4 Å². The average molecular weight is 716 g/mol. The van der Waals surface area contributed by atoms with Crippen LogP contribution in [-0.2, 0) is 41.5 Å². The van der Waals surface area contributed by atoms with Gasteiger partial charge in [0, 0.05) is 51.3 Å². The fourth-order valence-electron chi connectivity index (χ4n) is 8.73. The molecule has 3 aliphatic rings. The number of rotatable bonds is 10. The van der Waals surface area contributed by atoms with Crippen molar-refractivity contribution in [2.45, 2.75) is 136 Å². The van der Waals surface area contributed by atoms with E-state index in [1.807, 2.05) is 32.8 Å². The van der Waals surface area contributed by atoms with Crippen molar-refractivity contribution in [2.24, 2.45) is 23.2 Å². The number of hydrogen-bond acceptors (Lipinski definition) is 10. The van der Waals surface area contributed by atoms with Gasteiger partial charge in [-0.1, -0.05) is 52.0 Å². The average Bonchev–Trinajstić information content (AvgIpc) is 3.07. The zero-order valence-corrected chi connectivity index (χ0v) is 33.5. The number of aliphatic hydroxyl groups excluding tert-OH is 1. The molecule has 3 aliphatic heterocycles. The molecule has 0 saturated carbocycles. The number of Topliss-reactive ketones (excluding diaryl/α,β-unsaturated/α-hetero) is 1. The second kappa shape index (κ2) is 17.9. The lowest BCUT2D eigenvalue weighted by molar-refractivity contribution is -0.295. The van der Waals surface area contributed by atoms with E-state index >= 15 is 0 Å². The molecule has 2 saturated heterocycles. The molecule has 10 heteroatoms. The number of fused-ring (bicyclic) bond motifs is 1. The zero-order valence-electron chi connectivity index (χ0n) is 33.5. The van der Waals surface area contributed by atoms with Crippen molar-refractivity contribution in [2.75, 3.05) is 54.0 Å². The Morgan fingerprint density at radius 1 is 1.08 bits per heavy atom. The fourth-order valence-corrected chi connectivity index (χ4v) is 8.73. The van der Waals surface area contributed by atoms with Gasteiger partial charge in [-0.3, -0.25) is 19.4 Å². The van der Waals surface area contributed by atoms with Crippen LogP contribution in [0.25, 0.3) is 0 Å². The van der Waals surface area contributed by atoms with E-state index in [4.69, 9.17) is 18.9 Å². The van der Waals surface area contributed by atoms with Crippen molar-refractivity contribution >= 4 is 11.8 Å². The predicted octanol–water partition coefficient (Wildman–Crippen LogP) is 5.18.